The molecular weight excluding hydrogens is 345 g/mol. The normalized spacial score (nSPS) is 15.3. The number of piperidine rings is 1. The van der Waals surface area contributed by atoms with E-state index in [9.17, 15) is 9.59 Å². The van der Waals surface area contributed by atoms with Crippen LogP contribution < -0.4 is 0 Å². The summed E-state index contributed by atoms with van der Waals surface area (Å²) in [5.74, 6) is 0.0200. The average Bonchev–Trinajstić information content (AvgIpc) is 2.61. The van der Waals surface area contributed by atoms with E-state index in [0.29, 0.717) is 41.5 Å². The second-order valence-electron chi connectivity index (χ2n) is 5.92. The number of Topliss-reactive ketones (excluding diaryl/α,β-unsaturated/α-hetero) is 1. The molecule has 1 amide bonds. The monoisotopic (exact) mass is 361 g/mol. The molecule has 0 atom stereocenters. The Morgan fingerprint density at radius 1 is 0.958 bits per heavy atom. The van der Waals surface area contributed by atoms with E-state index in [4.69, 9.17) is 23.2 Å². The lowest BCUT2D eigenvalue weighted by Gasteiger charge is -2.31. The van der Waals surface area contributed by atoms with Gasteiger partial charge in [0.05, 0.1) is 10.6 Å². The number of amides is 1. The Morgan fingerprint density at radius 2 is 1.62 bits per heavy atom. The molecule has 1 heterocycles. The maximum atomic E-state index is 12.6. The first-order valence-electron chi connectivity index (χ1n) is 7.90. The fourth-order valence-electron chi connectivity index (χ4n) is 3.02. The highest BCUT2D eigenvalue weighted by Gasteiger charge is 2.29. The first-order valence-corrected chi connectivity index (χ1v) is 8.65. The zero-order chi connectivity index (χ0) is 17.1. The van der Waals surface area contributed by atoms with Crippen LogP contribution in [0, 0.1) is 5.92 Å². The molecular formula is C19H17Cl2NO2. The second kappa shape index (κ2) is 7.37. The number of likely N-dealkylation sites (tertiary alicyclic amines) is 1. The number of carbonyl (C=O) groups excluding carboxylic acids is 2. The third-order valence-electron chi connectivity index (χ3n) is 4.37. The van der Waals surface area contributed by atoms with E-state index in [1.54, 1.807) is 23.1 Å². The van der Waals surface area contributed by atoms with Crippen molar-refractivity contribution in [3.05, 3.63) is 69.7 Å². The Labute approximate surface area is 151 Å². The number of ketones is 1. The number of rotatable bonds is 3. The second-order valence-corrected chi connectivity index (χ2v) is 6.76. The van der Waals surface area contributed by atoms with Gasteiger partial charge in [0.15, 0.2) is 5.78 Å². The summed E-state index contributed by atoms with van der Waals surface area (Å²) < 4.78 is 0. The van der Waals surface area contributed by atoms with E-state index >= 15 is 0 Å². The molecule has 1 saturated heterocycles. The van der Waals surface area contributed by atoms with Gasteiger partial charge in [-0.05, 0) is 31.0 Å². The molecule has 5 heteroatoms. The molecule has 2 aromatic rings. The third-order valence-corrected chi connectivity index (χ3v) is 4.92. The summed E-state index contributed by atoms with van der Waals surface area (Å²) in [6.07, 6.45) is 1.34. The van der Waals surface area contributed by atoms with Gasteiger partial charge in [0, 0.05) is 29.6 Å². The fourth-order valence-corrected chi connectivity index (χ4v) is 3.51. The minimum absolute atomic E-state index is 0.0304. The summed E-state index contributed by atoms with van der Waals surface area (Å²) >= 11 is 12.0. The van der Waals surface area contributed by atoms with Gasteiger partial charge in [-0.3, -0.25) is 9.59 Å². The van der Waals surface area contributed by atoms with Gasteiger partial charge in [-0.15, -0.1) is 0 Å². The highest BCUT2D eigenvalue weighted by Crippen LogP contribution is 2.26. The van der Waals surface area contributed by atoms with Crippen LogP contribution in [0.5, 0.6) is 0 Å². The molecule has 0 bridgehead atoms. The predicted molar refractivity (Wildman–Crippen MR) is 95.9 cm³/mol. The molecule has 0 N–H and O–H groups in total. The smallest absolute Gasteiger partial charge is 0.255 e. The first-order chi connectivity index (χ1) is 11.6. The van der Waals surface area contributed by atoms with Gasteiger partial charge in [-0.25, -0.2) is 0 Å². The van der Waals surface area contributed by atoms with Crippen molar-refractivity contribution >= 4 is 34.9 Å². The number of halogens is 2. The third kappa shape index (κ3) is 3.63. The van der Waals surface area contributed by atoms with Crippen LogP contribution in [0.25, 0.3) is 0 Å². The molecule has 0 saturated carbocycles. The number of benzene rings is 2. The molecule has 2 aromatic carbocycles. The quantitative estimate of drug-likeness (QED) is 0.741. The van der Waals surface area contributed by atoms with Crippen molar-refractivity contribution in [1.82, 2.24) is 4.90 Å². The molecule has 0 aromatic heterocycles. The topological polar surface area (TPSA) is 37.4 Å². The lowest BCUT2D eigenvalue weighted by molar-refractivity contribution is 0.0650. The lowest BCUT2D eigenvalue weighted by atomic mass is 9.88. The summed E-state index contributed by atoms with van der Waals surface area (Å²) in [6.45, 7) is 1.11. The fraction of sp³-hybridized carbons (Fsp3) is 0.263. The van der Waals surface area contributed by atoms with E-state index in [-0.39, 0.29) is 17.6 Å². The van der Waals surface area contributed by atoms with Gasteiger partial charge >= 0.3 is 0 Å². The zero-order valence-electron chi connectivity index (χ0n) is 13.0. The van der Waals surface area contributed by atoms with Crippen molar-refractivity contribution in [1.29, 1.82) is 0 Å². The van der Waals surface area contributed by atoms with Crippen LogP contribution in [0.2, 0.25) is 10.0 Å². The van der Waals surface area contributed by atoms with Crippen LogP contribution in [0.4, 0.5) is 0 Å². The van der Waals surface area contributed by atoms with Crippen LogP contribution in [-0.4, -0.2) is 29.7 Å². The number of hydrogen-bond donors (Lipinski definition) is 0. The molecule has 0 unspecified atom stereocenters. The molecule has 0 aliphatic carbocycles. The van der Waals surface area contributed by atoms with E-state index in [0.717, 1.165) is 5.56 Å². The van der Waals surface area contributed by atoms with Crippen LogP contribution in [0.3, 0.4) is 0 Å². The first kappa shape index (κ1) is 17.0. The van der Waals surface area contributed by atoms with Crippen molar-refractivity contribution in [2.75, 3.05) is 13.1 Å². The Bertz CT molecular complexity index is 753. The van der Waals surface area contributed by atoms with Crippen molar-refractivity contribution in [2.24, 2.45) is 5.92 Å². The van der Waals surface area contributed by atoms with Crippen LogP contribution in [0.15, 0.2) is 48.5 Å². The highest BCUT2D eigenvalue weighted by molar-refractivity contribution is 6.36. The summed E-state index contributed by atoms with van der Waals surface area (Å²) in [7, 11) is 0. The van der Waals surface area contributed by atoms with Crippen molar-refractivity contribution in [3.63, 3.8) is 0 Å². The summed E-state index contributed by atoms with van der Waals surface area (Å²) in [4.78, 5) is 26.8. The minimum Gasteiger partial charge on any atom is -0.339 e. The maximum absolute atomic E-state index is 12.6. The average molecular weight is 362 g/mol. The largest absolute Gasteiger partial charge is 0.339 e. The van der Waals surface area contributed by atoms with Crippen molar-refractivity contribution < 1.29 is 9.59 Å². The maximum Gasteiger partial charge on any atom is 0.255 e. The summed E-state index contributed by atoms with van der Waals surface area (Å²) in [5.41, 5.74) is 1.19. The SMILES string of the molecule is O=C(c1ccccc1)C1CCN(C(=O)c2ccc(Cl)cc2Cl)CC1. The Balaban J connectivity index is 1.64. The molecule has 1 aliphatic rings. The van der Waals surface area contributed by atoms with E-state index in [2.05, 4.69) is 0 Å². The molecule has 124 valence electrons. The highest BCUT2D eigenvalue weighted by atomic mass is 35.5. The molecule has 24 heavy (non-hydrogen) atoms. The van der Waals surface area contributed by atoms with E-state index < -0.39 is 0 Å². The summed E-state index contributed by atoms with van der Waals surface area (Å²) in [6, 6.07) is 14.2. The van der Waals surface area contributed by atoms with Crippen LogP contribution in [0.1, 0.15) is 33.6 Å². The molecule has 0 spiro atoms. The Morgan fingerprint density at radius 3 is 2.25 bits per heavy atom. The standard InChI is InChI=1S/C19H17Cl2NO2/c20-15-6-7-16(17(21)12-15)19(24)22-10-8-14(9-11-22)18(23)13-4-2-1-3-5-13/h1-7,12,14H,8-11H2. The van der Waals surface area contributed by atoms with E-state index in [1.807, 2.05) is 30.3 Å². The van der Waals surface area contributed by atoms with Gasteiger partial charge in [-0.2, -0.15) is 0 Å². The van der Waals surface area contributed by atoms with Crippen molar-refractivity contribution in [3.8, 4) is 0 Å². The number of carbonyl (C=O) groups is 2. The van der Waals surface area contributed by atoms with Gasteiger partial charge in [0.25, 0.3) is 5.91 Å². The molecule has 1 aliphatic heterocycles. The number of hydrogen-bond acceptors (Lipinski definition) is 2. The molecule has 3 rings (SSSR count). The summed E-state index contributed by atoms with van der Waals surface area (Å²) in [5, 5.41) is 0.860. The van der Waals surface area contributed by atoms with Crippen molar-refractivity contribution in [2.45, 2.75) is 12.8 Å². The van der Waals surface area contributed by atoms with Gasteiger partial charge in [0.2, 0.25) is 0 Å². The number of nitrogens with zero attached hydrogens (tertiary/aromatic N) is 1. The Hall–Kier alpha value is -1.84. The lowest BCUT2D eigenvalue weighted by Crippen LogP contribution is -2.40. The molecule has 3 nitrogen and oxygen atoms in total. The van der Waals surface area contributed by atoms with Crippen LogP contribution in [-0.2, 0) is 0 Å². The molecule has 0 radical (unpaired) electrons. The Kier molecular flexibility index (Phi) is 5.22. The van der Waals surface area contributed by atoms with Gasteiger partial charge in [-0.1, -0.05) is 53.5 Å². The van der Waals surface area contributed by atoms with E-state index in [1.165, 1.54) is 0 Å². The predicted octanol–water partition coefficient (Wildman–Crippen LogP) is 4.73. The van der Waals surface area contributed by atoms with Crippen LogP contribution >= 0.6 is 23.2 Å². The molecule has 1 fully saturated rings. The zero-order valence-corrected chi connectivity index (χ0v) is 14.6. The van der Waals surface area contributed by atoms with Gasteiger partial charge in [0.1, 0.15) is 0 Å². The van der Waals surface area contributed by atoms with Gasteiger partial charge < -0.3 is 4.90 Å². The minimum atomic E-state index is -0.109.